The van der Waals surface area contributed by atoms with Crippen molar-refractivity contribution in [1.29, 1.82) is 0 Å². The van der Waals surface area contributed by atoms with Crippen LogP contribution in [0.3, 0.4) is 0 Å². The Balaban J connectivity index is 1.29. The van der Waals surface area contributed by atoms with E-state index in [1.807, 2.05) is 30.3 Å². The van der Waals surface area contributed by atoms with Crippen LogP contribution in [0.5, 0.6) is 0 Å². The van der Waals surface area contributed by atoms with Crippen molar-refractivity contribution in [3.8, 4) is 0 Å². The van der Waals surface area contributed by atoms with Crippen molar-refractivity contribution in [3.63, 3.8) is 0 Å². The van der Waals surface area contributed by atoms with E-state index in [0.717, 1.165) is 15.9 Å². The van der Waals surface area contributed by atoms with Gasteiger partial charge in [-0.2, -0.15) is 0 Å². The summed E-state index contributed by atoms with van der Waals surface area (Å²) in [5, 5.41) is 11.3. The van der Waals surface area contributed by atoms with Crippen LogP contribution < -0.4 is 11.2 Å². The van der Waals surface area contributed by atoms with Crippen molar-refractivity contribution in [2.45, 2.75) is 49.8 Å². The summed E-state index contributed by atoms with van der Waals surface area (Å²) in [6.45, 7) is -1.27. The lowest BCUT2D eigenvalue weighted by atomic mass is 9.96. The highest BCUT2D eigenvalue weighted by Gasteiger charge is 2.59. The Bertz CT molecular complexity index is 1210. The van der Waals surface area contributed by atoms with Gasteiger partial charge in [0.2, 0.25) is 0 Å². The molecule has 35 heavy (non-hydrogen) atoms. The summed E-state index contributed by atoms with van der Waals surface area (Å²) >= 11 is 5.68. The summed E-state index contributed by atoms with van der Waals surface area (Å²) in [5.41, 5.74) is -1.82. The highest BCUT2D eigenvalue weighted by molar-refractivity contribution is 8.76. The largest absolute Gasteiger partial charge is 0.383 e. The quantitative estimate of drug-likeness (QED) is 0.400. The first-order chi connectivity index (χ1) is 16.7. The molecule has 10 nitrogen and oxygen atoms in total. The van der Waals surface area contributed by atoms with Gasteiger partial charge in [-0.3, -0.25) is 18.9 Å². The van der Waals surface area contributed by atoms with Crippen LogP contribution in [0.15, 0.2) is 52.2 Å². The van der Waals surface area contributed by atoms with E-state index in [9.17, 15) is 14.7 Å². The zero-order chi connectivity index (χ0) is 24.6. The molecule has 2 aromatic rings. The van der Waals surface area contributed by atoms with Crippen molar-refractivity contribution < 1.29 is 28.2 Å². The van der Waals surface area contributed by atoms with Gasteiger partial charge in [-0.1, -0.05) is 51.9 Å². The molecule has 0 radical (unpaired) electrons. The molecule has 3 fully saturated rings. The zero-order valence-corrected chi connectivity index (χ0v) is 22.0. The van der Waals surface area contributed by atoms with Gasteiger partial charge < -0.3 is 23.6 Å². The number of hydrogen-bond acceptors (Lipinski definition) is 11. The molecule has 0 amide bonds. The number of H-pyrrole nitrogens is 1. The Morgan fingerprint density at radius 3 is 2.71 bits per heavy atom. The van der Waals surface area contributed by atoms with Crippen LogP contribution in [-0.4, -0.2) is 62.8 Å². The van der Waals surface area contributed by atoms with Gasteiger partial charge in [-0.25, -0.2) is 4.79 Å². The predicted molar refractivity (Wildman–Crippen MR) is 136 cm³/mol. The molecule has 2 N–H and O–H groups in total. The van der Waals surface area contributed by atoms with Gasteiger partial charge in [-0.15, -0.1) is 0 Å². The van der Waals surface area contributed by atoms with E-state index in [0.29, 0.717) is 12.4 Å². The fourth-order valence-electron chi connectivity index (χ4n) is 4.18. The van der Waals surface area contributed by atoms with Gasteiger partial charge >= 0.3 is 12.4 Å². The lowest BCUT2D eigenvalue weighted by Crippen LogP contribution is -2.49. The van der Waals surface area contributed by atoms with E-state index < -0.39 is 42.0 Å². The maximum absolute atomic E-state index is 12.3. The Labute approximate surface area is 214 Å². The van der Waals surface area contributed by atoms with Gasteiger partial charge in [-0.05, 0) is 24.3 Å². The van der Waals surface area contributed by atoms with Crippen molar-refractivity contribution in [2.24, 2.45) is 0 Å². The fraction of sp³-hybridized carbons (Fsp3) is 0.524. The lowest BCUT2D eigenvalue weighted by molar-refractivity contribution is -0.0940. The third kappa shape index (κ3) is 5.49. The summed E-state index contributed by atoms with van der Waals surface area (Å²) in [7, 11) is 3.38. The zero-order valence-electron chi connectivity index (χ0n) is 18.7. The molecule has 7 unspecified atom stereocenters. The average molecular weight is 561 g/mol. The molecule has 1 aromatic carbocycles. The minimum Gasteiger partial charge on any atom is -0.383 e. The topological polar surface area (TPSA) is 121 Å². The number of benzene rings is 1. The van der Waals surface area contributed by atoms with E-state index in [4.69, 9.17) is 34.9 Å². The number of fused-ring (bicyclic) bond motifs is 1. The number of hydrogen-bond donors (Lipinski definition) is 2. The van der Waals surface area contributed by atoms with Crippen LogP contribution >= 0.6 is 28.3 Å². The van der Waals surface area contributed by atoms with Crippen LogP contribution in [0, 0.1) is 0 Å². The van der Waals surface area contributed by atoms with Crippen molar-refractivity contribution in [3.05, 3.63) is 69.0 Å². The summed E-state index contributed by atoms with van der Waals surface area (Å²) in [6, 6.07) is 11.1. The maximum atomic E-state index is 12.3. The molecule has 0 aliphatic carbocycles. The molecule has 0 bridgehead atoms. The standard InChI is InChI=1S/C21H25N2O8PS3/c1-21(26)18-14(29-19(21)23-8-7-17(24)22-20(23)25)10-28-32(33,31-18)30-16-12-35-34-11-15(16)27-9-13-5-3-2-4-6-13/h2-8,14-16,18-19,26H,9-12H2,1H3,(H,22,24,25). The highest BCUT2D eigenvalue weighted by atomic mass is 33.1. The first-order valence-electron chi connectivity index (χ1n) is 11.0. The van der Waals surface area contributed by atoms with E-state index >= 15 is 0 Å². The SMILES string of the molecule is CC1(O)C2OP(=S)(OC3CSSCC3OCc3ccccc3)OCC2OC1n1ccc(=O)[nH]c1=O. The van der Waals surface area contributed by atoms with E-state index in [-0.39, 0.29) is 18.8 Å². The van der Waals surface area contributed by atoms with Gasteiger partial charge in [0.15, 0.2) is 6.23 Å². The minimum absolute atomic E-state index is 0.0385. The molecule has 4 heterocycles. The van der Waals surface area contributed by atoms with Crippen LogP contribution in [0.1, 0.15) is 18.7 Å². The Morgan fingerprint density at radius 1 is 1.23 bits per heavy atom. The van der Waals surface area contributed by atoms with Crippen LogP contribution in [0.2, 0.25) is 0 Å². The maximum Gasteiger partial charge on any atom is 0.330 e. The number of aromatic amines is 1. The molecule has 3 saturated heterocycles. The average Bonchev–Trinajstić information content (AvgIpc) is 3.08. The minimum atomic E-state index is -3.26. The Kier molecular flexibility index (Phi) is 7.63. The summed E-state index contributed by atoms with van der Waals surface area (Å²) in [6.07, 6.45) is -1.95. The molecule has 0 saturated carbocycles. The Morgan fingerprint density at radius 2 is 1.97 bits per heavy atom. The summed E-state index contributed by atoms with van der Waals surface area (Å²) < 4.78 is 31.4. The predicted octanol–water partition coefficient (Wildman–Crippen LogP) is 2.19. The van der Waals surface area contributed by atoms with Crippen molar-refractivity contribution in [2.75, 3.05) is 18.1 Å². The number of rotatable bonds is 6. The fourth-order valence-corrected chi connectivity index (χ4v) is 9.18. The van der Waals surface area contributed by atoms with Gasteiger partial charge in [0.05, 0.1) is 19.3 Å². The highest BCUT2D eigenvalue weighted by Crippen LogP contribution is 2.60. The smallest absolute Gasteiger partial charge is 0.330 e. The second kappa shape index (κ2) is 10.4. The number of ether oxygens (including phenoxy) is 2. The number of nitrogens with zero attached hydrogens (tertiary/aromatic N) is 1. The third-order valence-corrected chi connectivity index (χ3v) is 10.7. The Hall–Kier alpha value is -0.990. The molecule has 1 aromatic heterocycles. The molecule has 7 atom stereocenters. The molecule has 14 heteroatoms. The second-order valence-corrected chi connectivity index (χ2v) is 14.1. The van der Waals surface area contributed by atoms with Gasteiger partial charge in [0, 0.05) is 23.8 Å². The first-order valence-corrected chi connectivity index (χ1v) is 16.0. The van der Waals surface area contributed by atoms with Gasteiger partial charge in [0.25, 0.3) is 5.56 Å². The van der Waals surface area contributed by atoms with Gasteiger partial charge in [0.1, 0.15) is 23.9 Å². The second-order valence-electron chi connectivity index (χ2n) is 8.59. The summed E-state index contributed by atoms with van der Waals surface area (Å²) in [5.74, 6) is 1.37. The number of aliphatic hydroxyl groups is 1. The molecule has 3 aliphatic rings. The molecule has 3 aliphatic heterocycles. The van der Waals surface area contributed by atoms with E-state index in [1.54, 1.807) is 21.6 Å². The molecule has 0 spiro atoms. The normalized spacial score (nSPS) is 37.1. The third-order valence-electron chi connectivity index (χ3n) is 5.99. The van der Waals surface area contributed by atoms with Crippen LogP contribution in [0.25, 0.3) is 0 Å². The van der Waals surface area contributed by atoms with Crippen molar-refractivity contribution >= 4 is 40.1 Å². The van der Waals surface area contributed by atoms with Crippen molar-refractivity contribution in [1.82, 2.24) is 9.55 Å². The van der Waals surface area contributed by atoms with E-state index in [2.05, 4.69) is 4.98 Å². The molecular formula is C21H25N2O8PS3. The molecule has 190 valence electrons. The van der Waals surface area contributed by atoms with Crippen LogP contribution in [0.4, 0.5) is 0 Å². The molecular weight excluding hydrogens is 535 g/mol. The summed E-state index contributed by atoms with van der Waals surface area (Å²) in [4.78, 5) is 25.9. The monoisotopic (exact) mass is 560 g/mol. The first kappa shape index (κ1) is 25.7. The lowest BCUT2D eigenvalue weighted by Gasteiger charge is -2.40. The molecule has 5 rings (SSSR count). The van der Waals surface area contributed by atoms with Crippen LogP contribution in [-0.2, 0) is 41.5 Å². The number of nitrogens with one attached hydrogen (secondary N) is 1. The van der Waals surface area contributed by atoms with E-state index in [1.165, 1.54) is 19.2 Å². The number of aromatic nitrogens is 2.